The van der Waals surface area contributed by atoms with Crippen molar-refractivity contribution in [2.45, 2.75) is 12.0 Å². The molecule has 0 bridgehead atoms. The average molecular weight is 310 g/mol. The van der Waals surface area contributed by atoms with Gasteiger partial charge in [-0.15, -0.1) is 0 Å². The van der Waals surface area contributed by atoms with Gasteiger partial charge in [0.05, 0.1) is 5.60 Å². The van der Waals surface area contributed by atoms with Crippen LogP contribution in [0, 0.1) is 29.1 Å². The van der Waals surface area contributed by atoms with Crippen LogP contribution in [0.5, 0.6) is 0 Å². The zero-order valence-electron chi connectivity index (χ0n) is 10.6. The molecule has 0 aromatic heterocycles. The number of hydrogen-bond donors (Lipinski definition) is 3. The normalized spacial score (nSPS) is 21.6. The fourth-order valence-electron chi connectivity index (χ4n) is 2.02. The molecule has 0 saturated carbocycles. The van der Waals surface area contributed by atoms with Crippen molar-refractivity contribution in [3.8, 4) is 0 Å². The van der Waals surface area contributed by atoms with E-state index in [9.17, 15) is 31.9 Å². The third-order valence-corrected chi connectivity index (χ3v) is 3.24. The maximum atomic E-state index is 13.4. The number of carbonyl (C=O) groups is 1. The minimum atomic E-state index is -2.33. The molecule has 0 radical (unpaired) electrons. The Hall–Kier alpha value is -1.74. The third kappa shape index (κ3) is 2.84. The van der Waals surface area contributed by atoms with Gasteiger partial charge in [0, 0.05) is 13.1 Å². The maximum absolute atomic E-state index is 13.4. The highest BCUT2D eigenvalue weighted by Crippen LogP contribution is 2.23. The number of rotatable bonds is 3. The van der Waals surface area contributed by atoms with Gasteiger partial charge in [0.15, 0.2) is 23.3 Å². The zero-order valence-corrected chi connectivity index (χ0v) is 10.6. The van der Waals surface area contributed by atoms with Crippen LogP contribution in [-0.4, -0.2) is 36.2 Å². The summed E-state index contributed by atoms with van der Waals surface area (Å²) >= 11 is 0. The molecule has 0 spiro atoms. The molecule has 21 heavy (non-hydrogen) atoms. The summed E-state index contributed by atoms with van der Waals surface area (Å²) in [7, 11) is 0. The molecular weight excluding hydrogens is 299 g/mol. The Morgan fingerprint density at radius 1 is 1.10 bits per heavy atom. The molecule has 3 N–H and O–H groups in total. The van der Waals surface area contributed by atoms with Crippen molar-refractivity contribution in [2.75, 3.05) is 19.6 Å². The summed E-state index contributed by atoms with van der Waals surface area (Å²) in [6.45, 7) is 0.248. The number of amides is 1. The number of carbonyl (C=O) groups excluding carboxylic acids is 1. The summed E-state index contributed by atoms with van der Waals surface area (Å²) in [6, 6.07) is 0. The first-order valence-corrected chi connectivity index (χ1v) is 5.99. The average Bonchev–Trinajstić information content (AvgIpc) is 2.88. The summed E-state index contributed by atoms with van der Waals surface area (Å²) < 4.78 is 65.6. The van der Waals surface area contributed by atoms with E-state index in [-0.39, 0.29) is 19.5 Å². The largest absolute Gasteiger partial charge is 0.387 e. The van der Waals surface area contributed by atoms with E-state index in [0.29, 0.717) is 6.54 Å². The number of halogens is 5. The number of β-amino-alcohol motifs (C(OH)–C–C–N with tert-alkyl or cyclic N) is 1. The van der Waals surface area contributed by atoms with Gasteiger partial charge < -0.3 is 15.7 Å². The Bertz CT molecular complexity index is 558. The first-order valence-electron chi connectivity index (χ1n) is 5.99. The van der Waals surface area contributed by atoms with Crippen LogP contribution in [0.1, 0.15) is 16.8 Å². The molecule has 1 aromatic carbocycles. The highest BCUT2D eigenvalue weighted by molar-refractivity contribution is 5.94. The van der Waals surface area contributed by atoms with Gasteiger partial charge >= 0.3 is 0 Å². The molecule has 1 aliphatic rings. The second-order valence-corrected chi connectivity index (χ2v) is 4.78. The van der Waals surface area contributed by atoms with Crippen LogP contribution in [0.2, 0.25) is 0 Å². The van der Waals surface area contributed by atoms with Crippen molar-refractivity contribution in [1.82, 2.24) is 10.6 Å². The van der Waals surface area contributed by atoms with E-state index in [1.54, 1.807) is 0 Å². The number of hydrogen-bond acceptors (Lipinski definition) is 3. The highest BCUT2D eigenvalue weighted by Gasteiger charge is 2.34. The number of nitrogens with one attached hydrogen (secondary N) is 2. The fourth-order valence-corrected chi connectivity index (χ4v) is 2.02. The van der Waals surface area contributed by atoms with Gasteiger partial charge in [-0.25, -0.2) is 22.0 Å². The Kier molecular flexibility index (Phi) is 4.15. The van der Waals surface area contributed by atoms with Gasteiger partial charge in [-0.1, -0.05) is 0 Å². The zero-order chi connectivity index (χ0) is 15.8. The molecule has 4 nitrogen and oxygen atoms in total. The summed E-state index contributed by atoms with van der Waals surface area (Å²) in [5, 5.41) is 14.7. The van der Waals surface area contributed by atoms with E-state index in [4.69, 9.17) is 0 Å². The number of benzene rings is 1. The molecule has 1 atom stereocenters. The van der Waals surface area contributed by atoms with Crippen LogP contribution in [0.25, 0.3) is 0 Å². The van der Waals surface area contributed by atoms with Crippen molar-refractivity contribution in [2.24, 2.45) is 0 Å². The third-order valence-electron chi connectivity index (χ3n) is 3.24. The molecule has 116 valence electrons. The van der Waals surface area contributed by atoms with Gasteiger partial charge in [0.2, 0.25) is 5.82 Å². The van der Waals surface area contributed by atoms with E-state index in [0.717, 1.165) is 0 Å². The monoisotopic (exact) mass is 310 g/mol. The van der Waals surface area contributed by atoms with Crippen molar-refractivity contribution in [3.05, 3.63) is 34.6 Å². The van der Waals surface area contributed by atoms with Crippen LogP contribution in [-0.2, 0) is 0 Å². The molecule has 9 heteroatoms. The van der Waals surface area contributed by atoms with Crippen molar-refractivity contribution in [1.29, 1.82) is 0 Å². The van der Waals surface area contributed by atoms with Gasteiger partial charge in [0.1, 0.15) is 5.56 Å². The molecule has 1 unspecified atom stereocenters. The Balaban J connectivity index is 2.23. The van der Waals surface area contributed by atoms with E-state index in [2.05, 4.69) is 5.32 Å². The molecule has 2 rings (SSSR count). The standard InChI is InChI=1S/C12H11F5N2O2/c13-6-5(7(14)9(16)10(17)8(6)15)11(20)19-4-12(21)1-2-18-3-12/h18,21H,1-4H2,(H,19,20). The lowest BCUT2D eigenvalue weighted by atomic mass is 10.0. The Labute approximate surface area is 115 Å². The van der Waals surface area contributed by atoms with Crippen LogP contribution in [0.15, 0.2) is 0 Å². The first-order chi connectivity index (χ1) is 9.77. The lowest BCUT2D eigenvalue weighted by Gasteiger charge is -2.21. The molecule has 0 aliphatic carbocycles. The SMILES string of the molecule is O=C(NCC1(O)CCNC1)c1c(F)c(F)c(F)c(F)c1F. The number of aliphatic hydroxyl groups is 1. The minimum absolute atomic E-state index is 0.143. The first kappa shape index (κ1) is 15.6. The summed E-state index contributed by atoms with van der Waals surface area (Å²) in [5.74, 6) is -12.6. The van der Waals surface area contributed by atoms with Gasteiger partial charge in [-0.3, -0.25) is 4.79 Å². The van der Waals surface area contributed by atoms with E-state index in [1.807, 2.05) is 5.32 Å². The molecule has 1 fully saturated rings. The molecule has 1 aliphatic heterocycles. The highest BCUT2D eigenvalue weighted by atomic mass is 19.2. The smallest absolute Gasteiger partial charge is 0.257 e. The predicted octanol–water partition coefficient (Wildman–Crippen LogP) is 0.836. The molecule has 1 aromatic rings. The van der Waals surface area contributed by atoms with Crippen LogP contribution in [0.4, 0.5) is 22.0 Å². The fraction of sp³-hybridized carbons (Fsp3) is 0.417. The van der Waals surface area contributed by atoms with Crippen molar-refractivity contribution < 1.29 is 31.9 Å². The van der Waals surface area contributed by atoms with Gasteiger partial charge in [0.25, 0.3) is 5.91 Å². The van der Waals surface area contributed by atoms with Crippen LogP contribution >= 0.6 is 0 Å². The van der Waals surface area contributed by atoms with E-state index >= 15 is 0 Å². The minimum Gasteiger partial charge on any atom is -0.387 e. The van der Waals surface area contributed by atoms with Crippen molar-refractivity contribution in [3.63, 3.8) is 0 Å². The second kappa shape index (κ2) is 5.57. The van der Waals surface area contributed by atoms with Gasteiger partial charge in [-0.05, 0) is 13.0 Å². The molecule has 1 saturated heterocycles. The van der Waals surface area contributed by atoms with Crippen LogP contribution < -0.4 is 10.6 Å². The van der Waals surface area contributed by atoms with Crippen LogP contribution in [0.3, 0.4) is 0 Å². The lowest BCUT2D eigenvalue weighted by molar-refractivity contribution is 0.0558. The Morgan fingerprint density at radius 2 is 1.62 bits per heavy atom. The maximum Gasteiger partial charge on any atom is 0.257 e. The summed E-state index contributed by atoms with van der Waals surface area (Å²) in [4.78, 5) is 11.6. The second-order valence-electron chi connectivity index (χ2n) is 4.78. The quantitative estimate of drug-likeness (QED) is 0.440. The molecule has 1 amide bonds. The summed E-state index contributed by atoms with van der Waals surface area (Å²) in [5.41, 5.74) is -2.89. The molecule has 1 heterocycles. The van der Waals surface area contributed by atoms with E-state index in [1.165, 1.54) is 0 Å². The van der Waals surface area contributed by atoms with Gasteiger partial charge in [-0.2, -0.15) is 0 Å². The summed E-state index contributed by atoms with van der Waals surface area (Å²) in [6.07, 6.45) is 0.282. The lowest BCUT2D eigenvalue weighted by Crippen LogP contribution is -2.44. The topological polar surface area (TPSA) is 61.4 Å². The van der Waals surface area contributed by atoms with Crippen molar-refractivity contribution >= 4 is 5.91 Å². The van der Waals surface area contributed by atoms with E-state index < -0.39 is 46.2 Å². The Morgan fingerprint density at radius 3 is 2.10 bits per heavy atom. The molecular formula is C12H11F5N2O2. The predicted molar refractivity (Wildman–Crippen MR) is 61.0 cm³/mol.